The second kappa shape index (κ2) is 8.64. The Morgan fingerprint density at radius 2 is 1.52 bits per heavy atom. The first-order chi connectivity index (χ1) is 13.6. The van der Waals surface area contributed by atoms with E-state index in [0.29, 0.717) is 34.4 Å². The standard InChI is InChI=1S/C22H25Cl2N3O2/c1-22(2,3)21(29)27-12-10-26(11-13-27)17-7-5-16(6-8-17)25-20(28)15-4-9-18(23)19(24)14-15/h4-9,14H,10-13H2,1-3H3,(H,25,28). The van der Waals surface area contributed by atoms with Crippen LogP contribution in [-0.4, -0.2) is 42.9 Å². The molecule has 0 radical (unpaired) electrons. The second-order valence-corrected chi connectivity index (χ2v) is 8.97. The van der Waals surface area contributed by atoms with Crippen LogP contribution in [0.15, 0.2) is 42.5 Å². The summed E-state index contributed by atoms with van der Waals surface area (Å²) in [4.78, 5) is 29.0. The molecule has 0 atom stereocenters. The molecule has 0 bridgehead atoms. The van der Waals surface area contributed by atoms with E-state index in [9.17, 15) is 9.59 Å². The number of piperazine rings is 1. The quantitative estimate of drug-likeness (QED) is 0.745. The molecule has 1 fully saturated rings. The predicted molar refractivity (Wildman–Crippen MR) is 119 cm³/mol. The fraction of sp³-hybridized carbons (Fsp3) is 0.364. The van der Waals surface area contributed by atoms with Crippen LogP contribution in [0.5, 0.6) is 0 Å². The third-order valence-electron chi connectivity index (χ3n) is 4.88. The fourth-order valence-electron chi connectivity index (χ4n) is 3.24. The average molecular weight is 434 g/mol. The number of benzene rings is 2. The number of anilines is 2. The summed E-state index contributed by atoms with van der Waals surface area (Å²) in [5.41, 5.74) is 1.87. The number of rotatable bonds is 3. The van der Waals surface area contributed by atoms with Crippen molar-refractivity contribution in [2.45, 2.75) is 20.8 Å². The fourth-order valence-corrected chi connectivity index (χ4v) is 3.54. The van der Waals surface area contributed by atoms with E-state index in [0.717, 1.165) is 18.8 Å². The van der Waals surface area contributed by atoms with E-state index in [1.807, 2.05) is 49.9 Å². The van der Waals surface area contributed by atoms with Gasteiger partial charge in [0.1, 0.15) is 0 Å². The van der Waals surface area contributed by atoms with Crippen molar-refractivity contribution in [1.29, 1.82) is 0 Å². The van der Waals surface area contributed by atoms with Crippen LogP contribution in [0, 0.1) is 5.41 Å². The van der Waals surface area contributed by atoms with Crippen LogP contribution in [-0.2, 0) is 4.79 Å². The third-order valence-corrected chi connectivity index (χ3v) is 5.62. The van der Waals surface area contributed by atoms with Gasteiger partial charge in [-0.2, -0.15) is 0 Å². The van der Waals surface area contributed by atoms with Crippen LogP contribution in [0.4, 0.5) is 11.4 Å². The smallest absolute Gasteiger partial charge is 0.255 e. The lowest BCUT2D eigenvalue weighted by atomic mass is 9.94. The Morgan fingerprint density at radius 1 is 0.897 bits per heavy atom. The summed E-state index contributed by atoms with van der Waals surface area (Å²) >= 11 is 11.9. The summed E-state index contributed by atoms with van der Waals surface area (Å²) in [5, 5.41) is 3.62. The highest BCUT2D eigenvalue weighted by molar-refractivity contribution is 6.42. The van der Waals surface area contributed by atoms with Crippen LogP contribution in [0.2, 0.25) is 10.0 Å². The van der Waals surface area contributed by atoms with Crippen molar-refractivity contribution in [3.63, 3.8) is 0 Å². The van der Waals surface area contributed by atoms with Crippen molar-refractivity contribution in [3.8, 4) is 0 Å². The van der Waals surface area contributed by atoms with E-state index in [1.54, 1.807) is 18.2 Å². The van der Waals surface area contributed by atoms with Crippen LogP contribution in [0.3, 0.4) is 0 Å². The molecule has 0 unspecified atom stereocenters. The zero-order chi connectivity index (χ0) is 21.2. The zero-order valence-corrected chi connectivity index (χ0v) is 18.3. The molecule has 0 spiro atoms. The summed E-state index contributed by atoms with van der Waals surface area (Å²) in [5.74, 6) is -0.0527. The Morgan fingerprint density at radius 3 is 2.07 bits per heavy atom. The van der Waals surface area contributed by atoms with Crippen molar-refractivity contribution in [1.82, 2.24) is 4.90 Å². The van der Waals surface area contributed by atoms with Gasteiger partial charge in [-0.15, -0.1) is 0 Å². The van der Waals surface area contributed by atoms with E-state index < -0.39 is 0 Å². The highest BCUT2D eigenvalue weighted by Gasteiger charge is 2.29. The highest BCUT2D eigenvalue weighted by Crippen LogP contribution is 2.25. The highest BCUT2D eigenvalue weighted by atomic mass is 35.5. The summed E-state index contributed by atoms with van der Waals surface area (Å²) in [6.07, 6.45) is 0. The van der Waals surface area contributed by atoms with Gasteiger partial charge in [0.2, 0.25) is 5.91 Å². The van der Waals surface area contributed by atoms with Crippen LogP contribution in [0.25, 0.3) is 0 Å². The Kier molecular flexibility index (Phi) is 6.39. The first-order valence-electron chi connectivity index (χ1n) is 9.56. The number of carbonyl (C=O) groups excluding carboxylic acids is 2. The zero-order valence-electron chi connectivity index (χ0n) is 16.8. The number of hydrogen-bond donors (Lipinski definition) is 1. The Balaban J connectivity index is 1.59. The Hall–Kier alpha value is -2.24. The number of halogens is 2. The number of nitrogens with zero attached hydrogens (tertiary/aromatic N) is 2. The molecule has 5 nitrogen and oxygen atoms in total. The Labute approximate surface area is 181 Å². The maximum Gasteiger partial charge on any atom is 0.255 e. The van der Waals surface area contributed by atoms with Crippen molar-refractivity contribution >= 4 is 46.4 Å². The molecular formula is C22H25Cl2N3O2. The topological polar surface area (TPSA) is 52.7 Å². The number of amides is 2. The number of nitrogens with one attached hydrogen (secondary N) is 1. The second-order valence-electron chi connectivity index (χ2n) is 8.16. The van der Waals surface area contributed by atoms with Crippen LogP contribution < -0.4 is 10.2 Å². The van der Waals surface area contributed by atoms with Gasteiger partial charge >= 0.3 is 0 Å². The molecule has 1 saturated heterocycles. The van der Waals surface area contributed by atoms with Gasteiger partial charge in [-0.3, -0.25) is 9.59 Å². The van der Waals surface area contributed by atoms with Crippen molar-refractivity contribution in [2.24, 2.45) is 5.41 Å². The molecule has 1 heterocycles. The van der Waals surface area contributed by atoms with Crippen molar-refractivity contribution < 1.29 is 9.59 Å². The summed E-state index contributed by atoms with van der Waals surface area (Å²) in [6.45, 7) is 8.86. The van der Waals surface area contributed by atoms with Gasteiger partial charge in [0.25, 0.3) is 5.91 Å². The lowest BCUT2D eigenvalue weighted by Crippen LogP contribution is -2.51. The van der Waals surface area contributed by atoms with Crippen molar-refractivity contribution in [2.75, 3.05) is 36.4 Å². The molecule has 2 aromatic rings. The molecule has 1 aliphatic rings. The van der Waals surface area contributed by atoms with Gasteiger partial charge in [-0.05, 0) is 42.5 Å². The van der Waals surface area contributed by atoms with Gasteiger partial charge in [0.05, 0.1) is 10.0 Å². The number of carbonyl (C=O) groups is 2. The molecule has 154 valence electrons. The molecule has 2 amide bonds. The van der Waals surface area contributed by atoms with Crippen LogP contribution in [0.1, 0.15) is 31.1 Å². The molecule has 0 saturated carbocycles. The minimum absolute atomic E-state index is 0.192. The van der Waals surface area contributed by atoms with E-state index in [-0.39, 0.29) is 17.2 Å². The molecule has 0 aliphatic carbocycles. The van der Waals surface area contributed by atoms with E-state index in [1.165, 1.54) is 0 Å². The molecule has 29 heavy (non-hydrogen) atoms. The van der Waals surface area contributed by atoms with Crippen LogP contribution >= 0.6 is 23.2 Å². The minimum Gasteiger partial charge on any atom is -0.368 e. The van der Waals surface area contributed by atoms with Crippen molar-refractivity contribution in [3.05, 3.63) is 58.1 Å². The summed E-state index contributed by atoms with van der Waals surface area (Å²) < 4.78 is 0. The largest absolute Gasteiger partial charge is 0.368 e. The van der Waals surface area contributed by atoms with E-state index in [2.05, 4.69) is 10.2 Å². The third kappa shape index (κ3) is 5.22. The molecule has 2 aromatic carbocycles. The summed E-state index contributed by atoms with van der Waals surface area (Å²) in [7, 11) is 0. The lowest BCUT2D eigenvalue weighted by Gasteiger charge is -2.38. The van der Waals surface area contributed by atoms with Gasteiger partial charge in [0.15, 0.2) is 0 Å². The Bertz CT molecular complexity index is 899. The summed E-state index contributed by atoms with van der Waals surface area (Å²) in [6, 6.07) is 12.5. The first kappa shape index (κ1) is 21.5. The molecule has 1 N–H and O–H groups in total. The molecular weight excluding hydrogens is 409 g/mol. The normalized spacial score (nSPS) is 14.7. The maximum atomic E-state index is 12.4. The average Bonchev–Trinajstić information content (AvgIpc) is 2.69. The molecule has 0 aromatic heterocycles. The lowest BCUT2D eigenvalue weighted by molar-refractivity contribution is -0.139. The van der Waals surface area contributed by atoms with Gasteiger partial charge < -0.3 is 15.1 Å². The number of hydrogen-bond acceptors (Lipinski definition) is 3. The predicted octanol–water partition coefficient (Wildman–Crippen LogP) is 4.94. The van der Waals surface area contributed by atoms with E-state index >= 15 is 0 Å². The van der Waals surface area contributed by atoms with Gasteiger partial charge in [0, 0.05) is 48.5 Å². The van der Waals surface area contributed by atoms with E-state index in [4.69, 9.17) is 23.2 Å². The monoisotopic (exact) mass is 433 g/mol. The molecule has 3 rings (SSSR count). The van der Waals surface area contributed by atoms with Gasteiger partial charge in [-0.25, -0.2) is 0 Å². The minimum atomic E-state index is -0.351. The maximum absolute atomic E-state index is 12.4. The molecule has 7 heteroatoms. The first-order valence-corrected chi connectivity index (χ1v) is 10.3. The molecule has 1 aliphatic heterocycles. The SMILES string of the molecule is CC(C)(C)C(=O)N1CCN(c2ccc(NC(=O)c3ccc(Cl)c(Cl)c3)cc2)CC1. The van der Waals surface area contributed by atoms with Gasteiger partial charge in [-0.1, -0.05) is 44.0 Å².